The van der Waals surface area contributed by atoms with Gasteiger partial charge >= 0.3 is 0 Å². The molecule has 0 amide bonds. The first-order valence-corrected chi connectivity index (χ1v) is 6.41. The third-order valence-corrected chi connectivity index (χ3v) is 4.03. The average molecular weight is 253 g/mol. The van der Waals surface area contributed by atoms with Gasteiger partial charge < -0.3 is 5.11 Å². The second kappa shape index (κ2) is 5.20. The molecule has 1 heterocycles. The summed E-state index contributed by atoms with van der Waals surface area (Å²) in [7, 11) is 0. The molecular weight excluding hydrogens is 242 g/mol. The van der Waals surface area contributed by atoms with Crippen molar-refractivity contribution >= 4 is 28.2 Å². The maximum atomic E-state index is 9.30. The number of nitrogen functional groups attached to an aromatic ring is 1. The summed E-state index contributed by atoms with van der Waals surface area (Å²) < 4.78 is 0. The predicted molar refractivity (Wildman–Crippen MR) is 67.6 cm³/mol. The van der Waals surface area contributed by atoms with Gasteiger partial charge in [-0.2, -0.15) is 0 Å². The number of nitrogens with two attached hydrogens (primary N) is 1. The summed E-state index contributed by atoms with van der Waals surface area (Å²) in [5.74, 6) is 6.36. The maximum Gasteiger partial charge on any atom is 0.197 e. The summed E-state index contributed by atoms with van der Waals surface area (Å²) in [6.07, 6.45) is 1.80. The summed E-state index contributed by atoms with van der Waals surface area (Å²) in [6.45, 7) is 0. The fourth-order valence-electron chi connectivity index (χ4n) is 1.17. The molecule has 0 bridgehead atoms. The van der Waals surface area contributed by atoms with Crippen molar-refractivity contribution in [2.24, 2.45) is 5.84 Å². The molecule has 6 heteroatoms. The Bertz CT molecular complexity index is 473. The van der Waals surface area contributed by atoms with Crippen LogP contribution >= 0.6 is 23.1 Å². The number of hydrogen-bond donors (Lipinski definition) is 3. The number of nitrogens with one attached hydrogen (secondary N) is 1. The van der Waals surface area contributed by atoms with Crippen molar-refractivity contribution < 1.29 is 5.11 Å². The highest BCUT2D eigenvalue weighted by Gasteiger charge is 2.02. The Hall–Kier alpha value is -1.24. The highest BCUT2D eigenvalue weighted by molar-refractivity contribution is 7.98. The fraction of sp³-hybridized carbons (Fsp3) is 0.100. The van der Waals surface area contributed by atoms with Gasteiger partial charge in [-0.15, -0.1) is 23.1 Å². The largest absolute Gasteiger partial charge is 0.508 e. The minimum absolute atomic E-state index is 0.290. The van der Waals surface area contributed by atoms with E-state index in [2.05, 4.69) is 10.4 Å². The van der Waals surface area contributed by atoms with Crippen LogP contribution in [0.25, 0.3) is 0 Å². The standard InChI is InChI=1S/C10H11N3OS2/c11-13-10-12-5-9(16-10)6-15-8-3-1-2-7(14)4-8/h1-5,14H,6,11H2,(H,12,13). The van der Waals surface area contributed by atoms with Crippen molar-refractivity contribution in [3.8, 4) is 5.75 Å². The highest BCUT2D eigenvalue weighted by Crippen LogP contribution is 2.28. The van der Waals surface area contributed by atoms with E-state index in [1.165, 1.54) is 11.3 Å². The molecule has 0 saturated carbocycles. The number of thiazole rings is 1. The van der Waals surface area contributed by atoms with Crippen LogP contribution in [0, 0.1) is 0 Å². The zero-order valence-electron chi connectivity index (χ0n) is 8.38. The SMILES string of the molecule is NNc1ncc(CSc2cccc(O)c2)s1. The van der Waals surface area contributed by atoms with Crippen molar-refractivity contribution in [1.29, 1.82) is 0 Å². The lowest BCUT2D eigenvalue weighted by molar-refractivity contribution is 0.474. The summed E-state index contributed by atoms with van der Waals surface area (Å²) in [5.41, 5.74) is 2.51. The van der Waals surface area contributed by atoms with Gasteiger partial charge in [0.05, 0.1) is 0 Å². The first-order valence-electron chi connectivity index (χ1n) is 4.61. The quantitative estimate of drug-likeness (QED) is 0.443. The number of hydrogen-bond acceptors (Lipinski definition) is 6. The van der Waals surface area contributed by atoms with Crippen molar-refractivity contribution in [3.05, 3.63) is 35.3 Å². The van der Waals surface area contributed by atoms with Crippen molar-refractivity contribution in [2.75, 3.05) is 5.43 Å². The number of aromatic hydroxyl groups is 1. The number of phenolic OH excluding ortho intramolecular Hbond substituents is 1. The number of rotatable bonds is 4. The number of anilines is 1. The van der Waals surface area contributed by atoms with E-state index in [9.17, 15) is 5.11 Å². The van der Waals surface area contributed by atoms with Crippen LogP contribution in [-0.2, 0) is 5.75 Å². The number of phenols is 1. The number of nitrogens with zero attached hydrogens (tertiary/aromatic N) is 1. The molecular formula is C10H11N3OS2. The van der Waals surface area contributed by atoms with Crippen LogP contribution in [0.2, 0.25) is 0 Å². The van der Waals surface area contributed by atoms with Crippen molar-refractivity contribution in [1.82, 2.24) is 4.98 Å². The molecule has 0 radical (unpaired) electrons. The van der Waals surface area contributed by atoms with E-state index < -0.39 is 0 Å². The van der Waals surface area contributed by atoms with Crippen LogP contribution in [0.5, 0.6) is 5.75 Å². The first kappa shape index (κ1) is 11.3. The molecule has 4 nitrogen and oxygen atoms in total. The first-order chi connectivity index (χ1) is 7.78. The summed E-state index contributed by atoms with van der Waals surface area (Å²) in [6, 6.07) is 7.20. The molecule has 0 fully saturated rings. The van der Waals surface area contributed by atoms with E-state index in [1.54, 1.807) is 30.1 Å². The van der Waals surface area contributed by atoms with Crippen LogP contribution in [0.4, 0.5) is 5.13 Å². The molecule has 2 aromatic rings. The molecule has 0 aliphatic carbocycles. The molecule has 0 unspecified atom stereocenters. The van der Waals surface area contributed by atoms with E-state index in [1.807, 2.05) is 12.1 Å². The van der Waals surface area contributed by atoms with Gasteiger partial charge in [0, 0.05) is 21.7 Å². The number of hydrazine groups is 1. The topological polar surface area (TPSA) is 71.2 Å². The Kier molecular flexibility index (Phi) is 3.66. The molecule has 4 N–H and O–H groups in total. The van der Waals surface area contributed by atoms with Crippen molar-refractivity contribution in [3.63, 3.8) is 0 Å². The molecule has 0 saturated heterocycles. The van der Waals surface area contributed by atoms with Crippen LogP contribution in [0.15, 0.2) is 35.4 Å². The maximum absolute atomic E-state index is 9.30. The molecule has 0 aliphatic heterocycles. The Labute approximate surface area is 101 Å². The third kappa shape index (κ3) is 2.88. The van der Waals surface area contributed by atoms with Crippen LogP contribution in [0.3, 0.4) is 0 Å². The molecule has 0 atom stereocenters. The smallest absolute Gasteiger partial charge is 0.197 e. The zero-order chi connectivity index (χ0) is 11.4. The van der Waals surface area contributed by atoms with Crippen LogP contribution in [-0.4, -0.2) is 10.1 Å². The van der Waals surface area contributed by atoms with Crippen LogP contribution < -0.4 is 11.3 Å². The molecule has 2 rings (SSSR count). The fourth-order valence-corrected chi connectivity index (χ4v) is 2.86. The van der Waals surface area contributed by atoms with Gasteiger partial charge in [-0.05, 0) is 18.2 Å². The molecule has 0 aliphatic rings. The lowest BCUT2D eigenvalue weighted by Gasteiger charge is -1.99. The van der Waals surface area contributed by atoms with E-state index in [-0.39, 0.29) is 0 Å². The summed E-state index contributed by atoms with van der Waals surface area (Å²) in [5, 5.41) is 10.0. The van der Waals surface area contributed by atoms with Gasteiger partial charge in [-0.1, -0.05) is 6.07 Å². The Balaban J connectivity index is 1.96. The normalized spacial score (nSPS) is 10.3. The zero-order valence-corrected chi connectivity index (χ0v) is 10.0. The van der Waals surface area contributed by atoms with E-state index in [0.29, 0.717) is 10.9 Å². The van der Waals surface area contributed by atoms with E-state index in [0.717, 1.165) is 15.5 Å². The molecule has 1 aromatic heterocycles. The van der Waals surface area contributed by atoms with Gasteiger partial charge in [0.15, 0.2) is 5.13 Å². The molecule has 1 aromatic carbocycles. The predicted octanol–water partition coefficient (Wildman–Crippen LogP) is 2.43. The van der Waals surface area contributed by atoms with E-state index >= 15 is 0 Å². The summed E-state index contributed by atoms with van der Waals surface area (Å²) in [4.78, 5) is 6.26. The lowest BCUT2D eigenvalue weighted by Crippen LogP contribution is -2.05. The number of benzene rings is 1. The Morgan fingerprint density at radius 2 is 2.38 bits per heavy atom. The van der Waals surface area contributed by atoms with Gasteiger partial charge in [-0.3, -0.25) is 5.43 Å². The minimum atomic E-state index is 0.290. The Morgan fingerprint density at radius 1 is 1.50 bits per heavy atom. The third-order valence-electron chi connectivity index (χ3n) is 1.88. The van der Waals surface area contributed by atoms with Gasteiger partial charge in [0.1, 0.15) is 5.75 Å². The monoisotopic (exact) mass is 253 g/mol. The van der Waals surface area contributed by atoms with E-state index in [4.69, 9.17) is 5.84 Å². The van der Waals surface area contributed by atoms with Gasteiger partial charge in [0.25, 0.3) is 0 Å². The Morgan fingerprint density at radius 3 is 3.06 bits per heavy atom. The number of aromatic nitrogens is 1. The number of thioether (sulfide) groups is 1. The molecule has 0 spiro atoms. The molecule has 84 valence electrons. The average Bonchev–Trinajstić information content (AvgIpc) is 2.74. The van der Waals surface area contributed by atoms with Crippen molar-refractivity contribution in [2.45, 2.75) is 10.6 Å². The highest BCUT2D eigenvalue weighted by atomic mass is 32.2. The minimum Gasteiger partial charge on any atom is -0.508 e. The summed E-state index contributed by atoms with van der Waals surface area (Å²) >= 11 is 3.18. The second-order valence-electron chi connectivity index (χ2n) is 3.06. The van der Waals surface area contributed by atoms with Gasteiger partial charge in [-0.25, -0.2) is 10.8 Å². The molecule has 16 heavy (non-hydrogen) atoms. The van der Waals surface area contributed by atoms with Crippen LogP contribution in [0.1, 0.15) is 4.88 Å². The van der Waals surface area contributed by atoms with Gasteiger partial charge in [0.2, 0.25) is 0 Å². The lowest BCUT2D eigenvalue weighted by atomic mass is 10.3. The second-order valence-corrected chi connectivity index (χ2v) is 5.23.